The van der Waals surface area contributed by atoms with Crippen LogP contribution in [0.3, 0.4) is 0 Å². The van der Waals surface area contributed by atoms with Crippen molar-refractivity contribution in [3.63, 3.8) is 0 Å². The molecule has 2 heterocycles. The minimum atomic E-state index is -0.181. The van der Waals surface area contributed by atoms with Crippen LogP contribution in [0, 0.1) is 0 Å². The van der Waals surface area contributed by atoms with Crippen LogP contribution in [0.15, 0.2) is 36.9 Å². The van der Waals surface area contributed by atoms with Crippen molar-refractivity contribution in [3.8, 4) is 5.75 Å². The highest BCUT2D eigenvalue weighted by molar-refractivity contribution is 5.78. The molecule has 140 valence electrons. The van der Waals surface area contributed by atoms with Gasteiger partial charge in [0, 0.05) is 37.1 Å². The number of imidazole rings is 1. The van der Waals surface area contributed by atoms with E-state index in [9.17, 15) is 4.79 Å². The predicted molar refractivity (Wildman–Crippen MR) is 101 cm³/mol. The molecule has 1 atom stereocenters. The maximum atomic E-state index is 12.0. The van der Waals surface area contributed by atoms with Gasteiger partial charge in [0.15, 0.2) is 0 Å². The molecule has 1 aliphatic rings. The number of aryl methyl sites for hydroxylation is 1. The van der Waals surface area contributed by atoms with Crippen molar-refractivity contribution in [1.29, 1.82) is 0 Å². The number of carbonyl (C=O) groups excluding carboxylic acids is 1. The summed E-state index contributed by atoms with van der Waals surface area (Å²) in [6, 6.07) is 6.19. The van der Waals surface area contributed by atoms with Crippen LogP contribution in [0.25, 0.3) is 0 Å². The van der Waals surface area contributed by atoms with E-state index in [0.29, 0.717) is 19.1 Å². The molecular formula is C20H27N3O3. The van der Waals surface area contributed by atoms with Crippen LogP contribution in [0.5, 0.6) is 5.75 Å². The molecule has 1 aromatic heterocycles. The molecule has 0 saturated carbocycles. The molecule has 0 spiro atoms. The number of fused-ring (bicyclic) bond motifs is 1. The standard InChI is InChI=1S/C20H27N3O3/c1-3-11-26-17-5-6-19-18(12-17)16(7-9-22-10-8-21-15-22)13-23(19)14-20(24)25-4-2/h5-6,8,10,12,15-16H,3-4,7,9,11,13-14H2,1-2H3. The third-order valence-electron chi connectivity index (χ3n) is 4.61. The van der Waals surface area contributed by atoms with E-state index in [1.165, 1.54) is 5.56 Å². The lowest BCUT2D eigenvalue weighted by molar-refractivity contribution is -0.141. The number of nitrogens with zero attached hydrogens (tertiary/aromatic N) is 3. The number of carbonyl (C=O) groups is 1. The van der Waals surface area contributed by atoms with Crippen LogP contribution in [0.1, 0.15) is 38.2 Å². The molecule has 1 unspecified atom stereocenters. The van der Waals surface area contributed by atoms with Crippen molar-refractivity contribution >= 4 is 11.7 Å². The van der Waals surface area contributed by atoms with Gasteiger partial charge in [0.1, 0.15) is 12.3 Å². The lowest BCUT2D eigenvalue weighted by Crippen LogP contribution is -2.30. The number of rotatable bonds is 9. The molecule has 3 rings (SSSR count). The summed E-state index contributed by atoms with van der Waals surface area (Å²) in [7, 11) is 0. The van der Waals surface area contributed by atoms with Crippen molar-refractivity contribution in [2.75, 3.05) is 31.2 Å². The summed E-state index contributed by atoms with van der Waals surface area (Å²) >= 11 is 0. The van der Waals surface area contributed by atoms with Crippen LogP contribution < -0.4 is 9.64 Å². The average Bonchev–Trinajstić information content (AvgIpc) is 3.26. The molecule has 0 fully saturated rings. The number of hydrogen-bond donors (Lipinski definition) is 0. The summed E-state index contributed by atoms with van der Waals surface area (Å²) in [5, 5.41) is 0. The number of esters is 1. The third-order valence-corrected chi connectivity index (χ3v) is 4.61. The van der Waals surface area contributed by atoms with Crippen molar-refractivity contribution < 1.29 is 14.3 Å². The maximum absolute atomic E-state index is 12.0. The van der Waals surface area contributed by atoms with Crippen molar-refractivity contribution in [3.05, 3.63) is 42.5 Å². The second-order valence-electron chi connectivity index (χ2n) is 6.54. The second kappa shape index (κ2) is 8.74. The van der Waals surface area contributed by atoms with Crippen LogP contribution in [0.4, 0.5) is 5.69 Å². The first kappa shape index (κ1) is 18.3. The minimum Gasteiger partial charge on any atom is -0.494 e. The van der Waals surface area contributed by atoms with E-state index in [1.54, 1.807) is 6.20 Å². The molecule has 0 amide bonds. The second-order valence-corrected chi connectivity index (χ2v) is 6.54. The zero-order chi connectivity index (χ0) is 18.4. The summed E-state index contributed by atoms with van der Waals surface area (Å²) in [5.74, 6) is 1.07. The normalized spacial score (nSPS) is 15.8. The van der Waals surface area contributed by atoms with Gasteiger partial charge in [0.05, 0.1) is 19.5 Å². The molecule has 2 aromatic rings. The van der Waals surface area contributed by atoms with E-state index in [-0.39, 0.29) is 12.5 Å². The van der Waals surface area contributed by atoms with Crippen LogP contribution in [-0.4, -0.2) is 41.8 Å². The molecule has 0 N–H and O–H groups in total. The Kier molecular flexibility index (Phi) is 6.15. The SMILES string of the molecule is CCCOc1ccc2c(c1)C(CCn1ccnc1)CN2CC(=O)OCC. The van der Waals surface area contributed by atoms with Gasteiger partial charge in [0.2, 0.25) is 0 Å². The van der Waals surface area contributed by atoms with Gasteiger partial charge in [-0.3, -0.25) is 4.79 Å². The Bertz CT molecular complexity index is 715. The first-order valence-corrected chi connectivity index (χ1v) is 9.34. The topological polar surface area (TPSA) is 56.6 Å². The van der Waals surface area contributed by atoms with Gasteiger partial charge in [0.25, 0.3) is 0 Å². The maximum Gasteiger partial charge on any atom is 0.325 e. The Morgan fingerprint density at radius 1 is 1.35 bits per heavy atom. The number of ether oxygens (including phenoxy) is 2. The molecule has 0 radical (unpaired) electrons. The lowest BCUT2D eigenvalue weighted by Gasteiger charge is -2.19. The van der Waals surface area contributed by atoms with Crippen LogP contribution >= 0.6 is 0 Å². The first-order chi connectivity index (χ1) is 12.7. The number of aromatic nitrogens is 2. The average molecular weight is 357 g/mol. The lowest BCUT2D eigenvalue weighted by atomic mass is 9.97. The van der Waals surface area contributed by atoms with E-state index in [4.69, 9.17) is 9.47 Å². The Morgan fingerprint density at radius 3 is 2.96 bits per heavy atom. The zero-order valence-electron chi connectivity index (χ0n) is 15.6. The summed E-state index contributed by atoms with van der Waals surface area (Å²) in [6.07, 6.45) is 7.59. The van der Waals surface area contributed by atoms with Gasteiger partial charge in [-0.25, -0.2) is 4.98 Å². The number of benzene rings is 1. The van der Waals surface area contributed by atoms with Crippen molar-refractivity contribution in [1.82, 2.24) is 9.55 Å². The quantitative estimate of drug-likeness (QED) is 0.645. The van der Waals surface area contributed by atoms with E-state index in [0.717, 1.165) is 37.4 Å². The molecule has 1 aliphatic heterocycles. The summed E-state index contributed by atoms with van der Waals surface area (Å²) < 4.78 is 13.0. The van der Waals surface area contributed by atoms with Gasteiger partial charge in [-0.15, -0.1) is 0 Å². The third kappa shape index (κ3) is 4.36. The molecular weight excluding hydrogens is 330 g/mol. The van der Waals surface area contributed by atoms with Gasteiger partial charge >= 0.3 is 5.97 Å². The van der Waals surface area contributed by atoms with Gasteiger partial charge < -0.3 is 18.9 Å². The monoisotopic (exact) mass is 357 g/mol. The highest BCUT2D eigenvalue weighted by Crippen LogP contribution is 2.40. The fourth-order valence-corrected chi connectivity index (χ4v) is 3.40. The van der Waals surface area contributed by atoms with E-state index >= 15 is 0 Å². The first-order valence-electron chi connectivity index (χ1n) is 9.34. The minimum absolute atomic E-state index is 0.181. The van der Waals surface area contributed by atoms with Crippen molar-refractivity contribution in [2.45, 2.75) is 39.2 Å². The fraction of sp³-hybridized carbons (Fsp3) is 0.500. The van der Waals surface area contributed by atoms with E-state index < -0.39 is 0 Å². The van der Waals surface area contributed by atoms with Crippen molar-refractivity contribution in [2.24, 2.45) is 0 Å². The molecule has 26 heavy (non-hydrogen) atoms. The Balaban J connectivity index is 1.76. The summed E-state index contributed by atoms with van der Waals surface area (Å²) in [4.78, 5) is 18.2. The van der Waals surface area contributed by atoms with Gasteiger partial charge in [-0.2, -0.15) is 0 Å². The van der Waals surface area contributed by atoms with E-state index in [2.05, 4.69) is 33.5 Å². The molecule has 1 aromatic carbocycles. The smallest absolute Gasteiger partial charge is 0.325 e. The predicted octanol–water partition coefficient (Wildman–Crippen LogP) is 3.23. The molecule has 6 heteroatoms. The Labute approximate surface area is 154 Å². The van der Waals surface area contributed by atoms with Crippen LogP contribution in [0.2, 0.25) is 0 Å². The van der Waals surface area contributed by atoms with Crippen LogP contribution in [-0.2, 0) is 16.1 Å². The largest absolute Gasteiger partial charge is 0.494 e. The number of anilines is 1. The summed E-state index contributed by atoms with van der Waals surface area (Å²) in [6.45, 7) is 7.07. The Morgan fingerprint density at radius 2 is 2.23 bits per heavy atom. The molecule has 0 saturated heterocycles. The number of hydrogen-bond acceptors (Lipinski definition) is 5. The fourth-order valence-electron chi connectivity index (χ4n) is 3.40. The zero-order valence-corrected chi connectivity index (χ0v) is 15.6. The van der Waals surface area contributed by atoms with Gasteiger partial charge in [-0.05, 0) is 43.5 Å². The highest BCUT2D eigenvalue weighted by Gasteiger charge is 2.30. The van der Waals surface area contributed by atoms with Gasteiger partial charge in [-0.1, -0.05) is 6.92 Å². The Hall–Kier alpha value is -2.50. The highest BCUT2D eigenvalue weighted by atomic mass is 16.5. The van der Waals surface area contributed by atoms with E-state index in [1.807, 2.05) is 25.5 Å². The molecule has 0 bridgehead atoms. The summed E-state index contributed by atoms with van der Waals surface area (Å²) in [5.41, 5.74) is 2.36. The molecule has 6 nitrogen and oxygen atoms in total. The molecule has 0 aliphatic carbocycles.